The normalized spacial score (nSPS) is 20.4. The van der Waals surface area contributed by atoms with Gasteiger partial charge in [0.1, 0.15) is 6.21 Å². The summed E-state index contributed by atoms with van der Waals surface area (Å²) in [7, 11) is 0. The Kier molecular flexibility index (Phi) is 2.02. The largest absolute Gasteiger partial charge is 0.431 e. The summed E-state index contributed by atoms with van der Waals surface area (Å²) < 4.78 is 4.88. The maximum atomic E-state index is 10.7. The second-order valence-electron chi connectivity index (χ2n) is 2.59. The molecule has 0 radical (unpaired) electrons. The van der Waals surface area contributed by atoms with Crippen LogP contribution in [0.4, 0.5) is 0 Å². The molecule has 1 heterocycles. The number of ether oxygens (including phenoxy) is 1. The molecule has 0 bridgehead atoms. The first-order valence-corrected chi connectivity index (χ1v) is 4.13. The molecule has 4 heteroatoms. The molecular formula is C9H6ClNO2. The predicted molar refractivity (Wildman–Crippen MR) is 48.8 cm³/mol. The van der Waals surface area contributed by atoms with Gasteiger partial charge in [-0.05, 0) is 6.07 Å². The number of hydrogen-bond acceptors (Lipinski definition) is 3. The third kappa shape index (κ3) is 1.55. The zero-order valence-electron chi connectivity index (χ0n) is 6.61. The van der Waals surface area contributed by atoms with Crippen LogP contribution >= 0.6 is 11.6 Å². The summed E-state index contributed by atoms with van der Waals surface area (Å²) in [5, 5.41) is 0.555. The van der Waals surface area contributed by atoms with Gasteiger partial charge in [0, 0.05) is 10.6 Å². The van der Waals surface area contributed by atoms with E-state index in [2.05, 4.69) is 4.99 Å². The number of rotatable bonds is 1. The van der Waals surface area contributed by atoms with Crippen molar-refractivity contribution in [2.24, 2.45) is 4.99 Å². The van der Waals surface area contributed by atoms with Crippen molar-refractivity contribution in [2.75, 3.05) is 0 Å². The lowest BCUT2D eigenvalue weighted by molar-refractivity contribution is -0.137. The van der Waals surface area contributed by atoms with Crippen LogP contribution in [0.15, 0.2) is 29.3 Å². The fourth-order valence-corrected chi connectivity index (χ4v) is 1.35. The zero-order valence-corrected chi connectivity index (χ0v) is 7.36. The van der Waals surface area contributed by atoms with Gasteiger partial charge in [-0.2, -0.15) is 0 Å². The minimum Gasteiger partial charge on any atom is -0.431 e. The van der Waals surface area contributed by atoms with Crippen molar-refractivity contribution in [1.29, 1.82) is 0 Å². The number of nitrogens with zero attached hydrogens (tertiary/aromatic N) is 1. The highest BCUT2D eigenvalue weighted by atomic mass is 35.5. The molecule has 0 spiro atoms. The van der Waals surface area contributed by atoms with Crippen molar-refractivity contribution in [2.45, 2.75) is 6.23 Å². The van der Waals surface area contributed by atoms with Gasteiger partial charge in [-0.1, -0.05) is 29.8 Å². The second kappa shape index (κ2) is 3.18. The predicted octanol–water partition coefficient (Wildman–Crippen LogP) is 1.97. The molecule has 2 rings (SSSR count). The highest BCUT2D eigenvalue weighted by Gasteiger charge is 2.21. The van der Waals surface area contributed by atoms with Gasteiger partial charge < -0.3 is 4.74 Å². The molecule has 3 nitrogen and oxygen atoms in total. The van der Waals surface area contributed by atoms with Crippen LogP contribution in [0.25, 0.3) is 0 Å². The Balaban J connectivity index is 2.32. The van der Waals surface area contributed by atoms with Crippen LogP contribution < -0.4 is 0 Å². The van der Waals surface area contributed by atoms with Gasteiger partial charge in [-0.15, -0.1) is 0 Å². The molecule has 0 fully saturated rings. The Morgan fingerprint density at radius 2 is 2.15 bits per heavy atom. The van der Waals surface area contributed by atoms with E-state index in [1.807, 2.05) is 12.1 Å². The summed E-state index contributed by atoms with van der Waals surface area (Å²) in [4.78, 5) is 14.6. The number of hydrogen-bond donors (Lipinski definition) is 0. The Morgan fingerprint density at radius 3 is 2.77 bits per heavy atom. The number of carbonyl (C=O) groups excluding carboxylic acids is 1. The maximum absolute atomic E-state index is 10.7. The third-order valence-corrected chi connectivity index (χ3v) is 2.06. The van der Waals surface area contributed by atoms with E-state index < -0.39 is 12.2 Å². The Labute approximate surface area is 80.0 Å². The monoisotopic (exact) mass is 195 g/mol. The highest BCUT2D eigenvalue weighted by molar-refractivity contribution is 6.31. The Morgan fingerprint density at radius 1 is 1.38 bits per heavy atom. The van der Waals surface area contributed by atoms with E-state index in [0.29, 0.717) is 10.6 Å². The lowest BCUT2D eigenvalue weighted by Gasteiger charge is -2.08. The number of carbonyl (C=O) groups is 1. The SMILES string of the molecule is O=C1C=NC(c2ccccc2Cl)O1. The lowest BCUT2D eigenvalue weighted by atomic mass is 10.2. The van der Waals surface area contributed by atoms with E-state index >= 15 is 0 Å². The fourth-order valence-electron chi connectivity index (χ4n) is 1.12. The van der Waals surface area contributed by atoms with Gasteiger partial charge in [-0.25, -0.2) is 9.79 Å². The van der Waals surface area contributed by atoms with Gasteiger partial charge in [0.25, 0.3) is 0 Å². The smallest absolute Gasteiger partial charge is 0.351 e. The van der Waals surface area contributed by atoms with Crippen LogP contribution in [0, 0.1) is 0 Å². The van der Waals surface area contributed by atoms with Crippen LogP contribution in [0.3, 0.4) is 0 Å². The van der Waals surface area contributed by atoms with E-state index in [4.69, 9.17) is 16.3 Å². The van der Waals surface area contributed by atoms with E-state index in [0.717, 1.165) is 6.21 Å². The van der Waals surface area contributed by atoms with Crippen LogP contribution in [0.2, 0.25) is 5.02 Å². The first-order chi connectivity index (χ1) is 6.27. The highest BCUT2D eigenvalue weighted by Crippen LogP contribution is 2.28. The van der Waals surface area contributed by atoms with Gasteiger partial charge in [0.05, 0.1) is 0 Å². The molecular weight excluding hydrogens is 190 g/mol. The minimum atomic E-state index is -0.568. The van der Waals surface area contributed by atoms with Gasteiger partial charge >= 0.3 is 5.97 Å². The lowest BCUT2D eigenvalue weighted by Crippen LogP contribution is -2.01. The summed E-state index contributed by atoms with van der Waals surface area (Å²) in [5.74, 6) is -0.426. The van der Waals surface area contributed by atoms with Crippen molar-refractivity contribution in [3.05, 3.63) is 34.9 Å². The molecule has 1 aliphatic rings. The van der Waals surface area contributed by atoms with Crippen molar-refractivity contribution in [1.82, 2.24) is 0 Å². The van der Waals surface area contributed by atoms with Crippen LogP contribution in [0.5, 0.6) is 0 Å². The average molecular weight is 196 g/mol. The van der Waals surface area contributed by atoms with Gasteiger partial charge in [-0.3, -0.25) is 0 Å². The van der Waals surface area contributed by atoms with Crippen LogP contribution in [0.1, 0.15) is 11.8 Å². The number of halogens is 1. The number of cyclic esters (lactones) is 1. The Hall–Kier alpha value is -1.35. The number of benzene rings is 1. The van der Waals surface area contributed by atoms with Crippen molar-refractivity contribution in [3.63, 3.8) is 0 Å². The molecule has 0 amide bonds. The Bertz CT molecular complexity index is 376. The molecule has 13 heavy (non-hydrogen) atoms. The molecule has 0 saturated heterocycles. The molecule has 1 unspecified atom stereocenters. The summed E-state index contributed by atoms with van der Waals surface area (Å²) in [6.07, 6.45) is 0.592. The topological polar surface area (TPSA) is 38.7 Å². The maximum Gasteiger partial charge on any atom is 0.351 e. The van der Waals surface area contributed by atoms with Crippen molar-refractivity contribution >= 4 is 23.8 Å². The van der Waals surface area contributed by atoms with Gasteiger partial charge in [0.15, 0.2) is 0 Å². The molecule has 1 atom stereocenters. The molecule has 66 valence electrons. The first kappa shape index (κ1) is 8.26. The van der Waals surface area contributed by atoms with E-state index in [1.54, 1.807) is 12.1 Å². The summed E-state index contributed by atoms with van der Waals surface area (Å²) in [5.41, 5.74) is 0.714. The summed E-state index contributed by atoms with van der Waals surface area (Å²) >= 11 is 5.89. The van der Waals surface area contributed by atoms with E-state index in [9.17, 15) is 4.79 Å². The summed E-state index contributed by atoms with van der Waals surface area (Å²) in [6.45, 7) is 0. The molecule has 1 aromatic carbocycles. The number of aliphatic imine (C=N–C) groups is 1. The van der Waals surface area contributed by atoms with E-state index in [-0.39, 0.29) is 0 Å². The standard InChI is InChI=1S/C9H6ClNO2/c10-7-4-2-1-3-6(7)9-11-5-8(12)13-9/h1-5,9H. The minimum absolute atomic E-state index is 0.426. The molecule has 1 aromatic rings. The molecule has 0 aromatic heterocycles. The first-order valence-electron chi connectivity index (χ1n) is 3.75. The molecule has 0 N–H and O–H groups in total. The summed E-state index contributed by atoms with van der Waals surface area (Å²) in [6, 6.07) is 7.15. The fraction of sp³-hybridized carbons (Fsp3) is 0.111. The van der Waals surface area contributed by atoms with Gasteiger partial charge in [0.2, 0.25) is 6.23 Å². The van der Waals surface area contributed by atoms with Crippen LogP contribution in [-0.4, -0.2) is 12.2 Å². The third-order valence-electron chi connectivity index (χ3n) is 1.71. The van der Waals surface area contributed by atoms with Crippen molar-refractivity contribution < 1.29 is 9.53 Å². The molecule has 1 aliphatic heterocycles. The zero-order chi connectivity index (χ0) is 9.26. The average Bonchev–Trinajstić information content (AvgIpc) is 2.53. The van der Waals surface area contributed by atoms with E-state index in [1.165, 1.54) is 0 Å². The molecule has 0 aliphatic carbocycles. The number of esters is 1. The van der Waals surface area contributed by atoms with Crippen molar-refractivity contribution in [3.8, 4) is 0 Å². The molecule has 0 saturated carbocycles. The quantitative estimate of drug-likeness (QED) is 0.643. The van der Waals surface area contributed by atoms with Crippen LogP contribution in [-0.2, 0) is 9.53 Å². The second-order valence-corrected chi connectivity index (χ2v) is 3.00.